The van der Waals surface area contributed by atoms with E-state index < -0.39 is 0 Å². The Balaban J connectivity index is 1.97. The van der Waals surface area contributed by atoms with Gasteiger partial charge in [0.25, 0.3) is 0 Å². The number of anilines is 1. The van der Waals surface area contributed by atoms with Crippen molar-refractivity contribution >= 4 is 38.4 Å². The summed E-state index contributed by atoms with van der Waals surface area (Å²) in [5.74, 6) is 0.119. The molecule has 0 unspecified atom stereocenters. The van der Waals surface area contributed by atoms with Crippen LogP contribution >= 0.6 is 15.9 Å². The number of carbonyl (C=O) groups excluding carboxylic acids is 1. The SMILES string of the molecule is CCCCCC(=O)Nc1ccc2ccn(CCCCCBr)c2c1. The summed E-state index contributed by atoms with van der Waals surface area (Å²) in [4.78, 5) is 12.0. The van der Waals surface area contributed by atoms with Gasteiger partial charge in [0.2, 0.25) is 5.91 Å². The summed E-state index contributed by atoms with van der Waals surface area (Å²) in [6.45, 7) is 3.18. The lowest BCUT2D eigenvalue weighted by molar-refractivity contribution is -0.116. The fourth-order valence-corrected chi connectivity index (χ4v) is 3.17. The highest BCUT2D eigenvalue weighted by Crippen LogP contribution is 2.21. The van der Waals surface area contributed by atoms with Crippen LogP contribution in [0.2, 0.25) is 0 Å². The summed E-state index contributed by atoms with van der Waals surface area (Å²) in [6.07, 6.45) is 9.62. The van der Waals surface area contributed by atoms with Gasteiger partial charge in [0.15, 0.2) is 0 Å². The highest BCUT2D eigenvalue weighted by Gasteiger charge is 2.05. The maximum atomic E-state index is 12.0. The Morgan fingerprint density at radius 1 is 1.13 bits per heavy atom. The van der Waals surface area contributed by atoms with Crippen LogP contribution < -0.4 is 5.32 Å². The number of hydrogen-bond donors (Lipinski definition) is 1. The van der Waals surface area contributed by atoms with Crippen molar-refractivity contribution in [3.63, 3.8) is 0 Å². The molecule has 2 aromatic rings. The standard InChI is InChI=1S/C19H27BrN2O/c1-2-3-5-8-19(23)21-17-10-9-16-11-14-22(18(16)15-17)13-7-4-6-12-20/h9-11,14-15H,2-8,12-13H2,1H3,(H,21,23). The summed E-state index contributed by atoms with van der Waals surface area (Å²) in [7, 11) is 0. The molecule has 0 fully saturated rings. The molecule has 0 aliphatic carbocycles. The van der Waals surface area contributed by atoms with Gasteiger partial charge in [0.05, 0.1) is 5.52 Å². The van der Waals surface area contributed by atoms with Gasteiger partial charge in [-0.1, -0.05) is 48.2 Å². The lowest BCUT2D eigenvalue weighted by Gasteiger charge is -2.08. The highest BCUT2D eigenvalue weighted by molar-refractivity contribution is 9.09. The van der Waals surface area contributed by atoms with Gasteiger partial charge < -0.3 is 9.88 Å². The maximum absolute atomic E-state index is 12.0. The van der Waals surface area contributed by atoms with E-state index in [0.29, 0.717) is 6.42 Å². The van der Waals surface area contributed by atoms with Crippen LogP contribution in [0.1, 0.15) is 51.9 Å². The normalized spacial score (nSPS) is 11.0. The van der Waals surface area contributed by atoms with E-state index in [1.54, 1.807) is 0 Å². The number of nitrogens with zero attached hydrogens (tertiary/aromatic N) is 1. The van der Waals surface area contributed by atoms with Crippen molar-refractivity contribution in [2.75, 3.05) is 10.6 Å². The van der Waals surface area contributed by atoms with Crippen LogP contribution in [0, 0.1) is 0 Å². The van der Waals surface area contributed by atoms with Gasteiger partial charge in [-0.25, -0.2) is 0 Å². The van der Waals surface area contributed by atoms with Gasteiger partial charge in [0, 0.05) is 30.2 Å². The Labute approximate surface area is 147 Å². The van der Waals surface area contributed by atoms with Gasteiger partial charge in [-0.2, -0.15) is 0 Å². The van der Waals surface area contributed by atoms with Gasteiger partial charge in [-0.05, 0) is 42.8 Å². The number of benzene rings is 1. The number of unbranched alkanes of at least 4 members (excludes halogenated alkanes) is 4. The smallest absolute Gasteiger partial charge is 0.224 e. The van der Waals surface area contributed by atoms with Crippen molar-refractivity contribution in [2.24, 2.45) is 0 Å². The summed E-state index contributed by atoms with van der Waals surface area (Å²) in [5, 5.41) is 5.34. The number of halogens is 1. The van der Waals surface area contributed by atoms with E-state index in [4.69, 9.17) is 0 Å². The average Bonchev–Trinajstić information content (AvgIpc) is 2.94. The van der Waals surface area contributed by atoms with Crippen molar-refractivity contribution in [3.05, 3.63) is 30.5 Å². The third-order valence-corrected chi connectivity index (χ3v) is 4.66. The van der Waals surface area contributed by atoms with Crippen molar-refractivity contribution in [2.45, 2.75) is 58.4 Å². The average molecular weight is 379 g/mol. The molecule has 1 heterocycles. The monoisotopic (exact) mass is 378 g/mol. The van der Waals surface area contributed by atoms with Crippen LogP contribution in [-0.4, -0.2) is 15.8 Å². The molecule has 1 aromatic heterocycles. The van der Waals surface area contributed by atoms with E-state index in [1.165, 1.54) is 30.2 Å². The Hall–Kier alpha value is -1.29. The molecule has 23 heavy (non-hydrogen) atoms. The molecule has 1 amide bonds. The van der Waals surface area contributed by atoms with E-state index in [1.807, 2.05) is 6.07 Å². The maximum Gasteiger partial charge on any atom is 0.224 e. The molecule has 4 heteroatoms. The topological polar surface area (TPSA) is 34.0 Å². The van der Waals surface area contributed by atoms with E-state index in [2.05, 4.69) is 57.1 Å². The predicted molar refractivity (Wildman–Crippen MR) is 102 cm³/mol. The molecule has 2 rings (SSSR count). The largest absolute Gasteiger partial charge is 0.347 e. The van der Waals surface area contributed by atoms with Crippen LogP contribution in [0.3, 0.4) is 0 Å². The molecular weight excluding hydrogens is 352 g/mol. The van der Waals surface area contributed by atoms with E-state index in [9.17, 15) is 4.79 Å². The molecule has 0 bridgehead atoms. The lowest BCUT2D eigenvalue weighted by Crippen LogP contribution is -2.11. The minimum absolute atomic E-state index is 0.119. The fourth-order valence-electron chi connectivity index (χ4n) is 2.77. The minimum atomic E-state index is 0.119. The lowest BCUT2D eigenvalue weighted by atomic mass is 10.2. The first-order valence-corrected chi connectivity index (χ1v) is 9.81. The number of hydrogen-bond acceptors (Lipinski definition) is 1. The quantitative estimate of drug-likeness (QED) is 0.415. The Kier molecular flexibility index (Phi) is 7.66. The van der Waals surface area contributed by atoms with Crippen LogP contribution in [0.4, 0.5) is 5.69 Å². The van der Waals surface area contributed by atoms with E-state index in [-0.39, 0.29) is 5.91 Å². The number of nitrogens with one attached hydrogen (secondary N) is 1. The Morgan fingerprint density at radius 2 is 2.00 bits per heavy atom. The fraction of sp³-hybridized carbons (Fsp3) is 0.526. The minimum Gasteiger partial charge on any atom is -0.347 e. The third-order valence-electron chi connectivity index (χ3n) is 4.10. The second-order valence-electron chi connectivity index (χ2n) is 6.04. The zero-order chi connectivity index (χ0) is 16.5. The second-order valence-corrected chi connectivity index (χ2v) is 6.83. The van der Waals surface area contributed by atoms with E-state index >= 15 is 0 Å². The molecule has 0 radical (unpaired) electrons. The van der Waals surface area contributed by atoms with Crippen molar-refractivity contribution in [1.29, 1.82) is 0 Å². The third kappa shape index (κ3) is 5.69. The molecular formula is C19H27BrN2O. The van der Waals surface area contributed by atoms with Crippen LogP contribution in [0.5, 0.6) is 0 Å². The number of alkyl halides is 1. The number of aromatic nitrogens is 1. The summed E-state index contributed by atoms with van der Waals surface area (Å²) in [5.41, 5.74) is 2.11. The van der Waals surface area contributed by atoms with Gasteiger partial charge in [0.1, 0.15) is 0 Å². The second kappa shape index (κ2) is 9.76. The first-order valence-electron chi connectivity index (χ1n) is 8.69. The molecule has 1 N–H and O–H groups in total. The zero-order valence-electron chi connectivity index (χ0n) is 14.0. The van der Waals surface area contributed by atoms with Crippen molar-refractivity contribution in [3.8, 4) is 0 Å². The molecule has 3 nitrogen and oxygen atoms in total. The molecule has 0 aliphatic rings. The Bertz CT molecular complexity index is 621. The molecule has 1 aromatic carbocycles. The first-order chi connectivity index (χ1) is 11.2. The molecule has 0 atom stereocenters. The number of fused-ring (bicyclic) bond motifs is 1. The first kappa shape index (κ1) is 18.1. The number of carbonyl (C=O) groups is 1. The highest BCUT2D eigenvalue weighted by atomic mass is 79.9. The van der Waals surface area contributed by atoms with Crippen LogP contribution in [0.15, 0.2) is 30.5 Å². The van der Waals surface area contributed by atoms with Crippen molar-refractivity contribution < 1.29 is 4.79 Å². The molecule has 0 aliphatic heterocycles. The zero-order valence-corrected chi connectivity index (χ0v) is 15.6. The summed E-state index contributed by atoms with van der Waals surface area (Å²) >= 11 is 3.48. The Morgan fingerprint density at radius 3 is 2.78 bits per heavy atom. The van der Waals surface area contributed by atoms with Gasteiger partial charge in [-0.3, -0.25) is 4.79 Å². The number of amides is 1. The predicted octanol–water partition coefficient (Wildman–Crippen LogP) is 5.73. The van der Waals surface area contributed by atoms with E-state index in [0.717, 1.165) is 36.8 Å². The van der Waals surface area contributed by atoms with Crippen LogP contribution in [-0.2, 0) is 11.3 Å². The molecule has 126 valence electrons. The summed E-state index contributed by atoms with van der Waals surface area (Å²) < 4.78 is 2.29. The number of rotatable bonds is 10. The molecule has 0 spiro atoms. The van der Waals surface area contributed by atoms with Crippen LogP contribution in [0.25, 0.3) is 10.9 Å². The molecule has 0 saturated heterocycles. The number of aryl methyl sites for hydroxylation is 1. The van der Waals surface area contributed by atoms with Gasteiger partial charge >= 0.3 is 0 Å². The summed E-state index contributed by atoms with van der Waals surface area (Å²) in [6, 6.07) is 8.32. The van der Waals surface area contributed by atoms with Gasteiger partial charge in [-0.15, -0.1) is 0 Å². The molecule has 0 saturated carbocycles. The van der Waals surface area contributed by atoms with Crippen molar-refractivity contribution in [1.82, 2.24) is 4.57 Å².